The predicted molar refractivity (Wildman–Crippen MR) is 88.8 cm³/mol. The van der Waals surface area contributed by atoms with E-state index in [9.17, 15) is 0 Å². The fourth-order valence-electron chi connectivity index (χ4n) is 3.45. The first kappa shape index (κ1) is 17.5. The zero-order valence-electron chi connectivity index (χ0n) is 14.2. The van der Waals surface area contributed by atoms with E-state index in [1.165, 1.54) is 38.5 Å². The predicted octanol–water partition coefficient (Wildman–Crippen LogP) is 4.65. The molecule has 1 saturated carbocycles. The number of unbranched alkanes of at least 4 members (excludes halogenated alkanes) is 1. The molecule has 1 heterocycles. The molecule has 1 saturated heterocycles. The monoisotopic (exact) mass is 314 g/mol. The molecule has 3 unspecified atom stereocenters. The van der Waals surface area contributed by atoms with Crippen LogP contribution in [0.5, 0.6) is 0 Å². The molecule has 0 aromatic rings. The summed E-state index contributed by atoms with van der Waals surface area (Å²) in [5.74, 6) is 0.912. The van der Waals surface area contributed by atoms with Crippen molar-refractivity contribution in [1.29, 1.82) is 0 Å². The normalized spacial score (nSPS) is 28.4. The van der Waals surface area contributed by atoms with Gasteiger partial charge in [-0.3, -0.25) is 0 Å². The van der Waals surface area contributed by atoms with Gasteiger partial charge in [0.15, 0.2) is 0 Å². The van der Waals surface area contributed by atoms with E-state index in [1.54, 1.807) is 0 Å². The molecule has 3 atom stereocenters. The van der Waals surface area contributed by atoms with Gasteiger partial charge in [-0.15, -0.1) is 0 Å². The molecule has 2 rings (SSSR count). The van der Waals surface area contributed by atoms with Crippen molar-refractivity contribution >= 4 is 8.56 Å². The van der Waals surface area contributed by atoms with Gasteiger partial charge in [-0.05, 0) is 50.6 Å². The standard InChI is InChI=1S/C17H34O3Si/c1-4-11-18-21(3,19-12-5-2)13-7-6-8-15-9-10-16-17(14-15)20-16/h15-17H,4-14H2,1-3H3. The van der Waals surface area contributed by atoms with Crippen LogP contribution >= 0.6 is 0 Å². The minimum Gasteiger partial charge on any atom is -0.394 e. The van der Waals surface area contributed by atoms with Crippen molar-refractivity contribution in [3.05, 3.63) is 0 Å². The summed E-state index contributed by atoms with van der Waals surface area (Å²) < 4.78 is 17.8. The Morgan fingerprint density at radius 3 is 2.33 bits per heavy atom. The second kappa shape index (κ2) is 8.66. The number of hydrogen-bond donors (Lipinski definition) is 0. The molecule has 0 amide bonds. The van der Waals surface area contributed by atoms with Crippen molar-refractivity contribution in [2.75, 3.05) is 13.2 Å². The van der Waals surface area contributed by atoms with Crippen LogP contribution in [0.3, 0.4) is 0 Å². The lowest BCUT2D eigenvalue weighted by atomic mass is 9.86. The highest BCUT2D eigenvalue weighted by molar-refractivity contribution is 6.66. The van der Waals surface area contributed by atoms with Crippen LogP contribution in [-0.2, 0) is 13.6 Å². The van der Waals surface area contributed by atoms with Crippen LogP contribution in [0.25, 0.3) is 0 Å². The van der Waals surface area contributed by atoms with Crippen molar-refractivity contribution < 1.29 is 13.6 Å². The Hall–Kier alpha value is 0.0969. The van der Waals surface area contributed by atoms with Crippen LogP contribution in [-0.4, -0.2) is 34.0 Å². The molecule has 1 aliphatic carbocycles. The van der Waals surface area contributed by atoms with Crippen LogP contribution in [0.15, 0.2) is 0 Å². The highest BCUT2D eigenvalue weighted by Gasteiger charge is 2.43. The molecule has 0 bridgehead atoms. The van der Waals surface area contributed by atoms with Crippen molar-refractivity contribution in [2.24, 2.45) is 5.92 Å². The molecule has 0 aromatic carbocycles. The summed E-state index contributed by atoms with van der Waals surface area (Å²) in [6, 6.07) is 1.16. The van der Waals surface area contributed by atoms with Gasteiger partial charge >= 0.3 is 8.56 Å². The third kappa shape index (κ3) is 6.01. The largest absolute Gasteiger partial charge is 0.394 e. The Balaban J connectivity index is 1.60. The number of ether oxygens (including phenoxy) is 1. The molecule has 0 radical (unpaired) electrons. The minimum absolute atomic E-state index is 0.629. The fraction of sp³-hybridized carbons (Fsp3) is 1.00. The molecule has 1 aliphatic heterocycles. The Morgan fingerprint density at radius 2 is 1.71 bits per heavy atom. The van der Waals surface area contributed by atoms with Gasteiger partial charge in [0.25, 0.3) is 0 Å². The Morgan fingerprint density at radius 1 is 1.00 bits per heavy atom. The molecule has 124 valence electrons. The smallest absolute Gasteiger partial charge is 0.334 e. The fourth-order valence-corrected chi connectivity index (χ4v) is 5.99. The second-order valence-electron chi connectivity index (χ2n) is 6.97. The van der Waals surface area contributed by atoms with Crippen LogP contribution in [0.4, 0.5) is 0 Å². The van der Waals surface area contributed by atoms with E-state index in [1.807, 2.05) is 0 Å². The van der Waals surface area contributed by atoms with Gasteiger partial charge in [0, 0.05) is 13.2 Å². The molecule has 0 aromatic heterocycles. The lowest BCUT2D eigenvalue weighted by molar-refractivity contribution is 0.172. The van der Waals surface area contributed by atoms with Crippen LogP contribution in [0.1, 0.15) is 65.2 Å². The summed E-state index contributed by atoms with van der Waals surface area (Å²) in [5, 5.41) is 0. The van der Waals surface area contributed by atoms with E-state index >= 15 is 0 Å². The average Bonchev–Trinajstić information content (AvgIpc) is 3.26. The summed E-state index contributed by atoms with van der Waals surface area (Å²) in [5.41, 5.74) is 0. The lowest BCUT2D eigenvalue weighted by Crippen LogP contribution is -2.39. The molecule has 21 heavy (non-hydrogen) atoms. The maximum Gasteiger partial charge on any atom is 0.334 e. The van der Waals surface area contributed by atoms with E-state index in [2.05, 4.69) is 20.4 Å². The zero-order chi connectivity index (χ0) is 15.1. The number of hydrogen-bond acceptors (Lipinski definition) is 3. The Labute approximate surface area is 132 Å². The van der Waals surface area contributed by atoms with E-state index in [0.717, 1.165) is 38.0 Å². The molecular weight excluding hydrogens is 280 g/mol. The molecule has 2 aliphatic rings. The van der Waals surface area contributed by atoms with Crippen LogP contribution < -0.4 is 0 Å². The summed E-state index contributed by atoms with van der Waals surface area (Å²) in [4.78, 5) is 0. The topological polar surface area (TPSA) is 31.0 Å². The van der Waals surface area contributed by atoms with Gasteiger partial charge in [0.1, 0.15) is 0 Å². The number of fused-ring (bicyclic) bond motifs is 1. The van der Waals surface area contributed by atoms with Crippen molar-refractivity contribution in [3.8, 4) is 0 Å². The third-order valence-electron chi connectivity index (χ3n) is 4.83. The van der Waals surface area contributed by atoms with Gasteiger partial charge in [-0.1, -0.05) is 33.1 Å². The average molecular weight is 315 g/mol. The van der Waals surface area contributed by atoms with Crippen LogP contribution in [0, 0.1) is 5.92 Å². The van der Waals surface area contributed by atoms with E-state index in [0.29, 0.717) is 12.2 Å². The zero-order valence-corrected chi connectivity index (χ0v) is 15.2. The van der Waals surface area contributed by atoms with Gasteiger partial charge in [-0.2, -0.15) is 0 Å². The minimum atomic E-state index is -1.91. The maximum atomic E-state index is 6.09. The highest BCUT2D eigenvalue weighted by atomic mass is 28.4. The second-order valence-corrected chi connectivity index (χ2v) is 10.3. The van der Waals surface area contributed by atoms with Gasteiger partial charge in [0.2, 0.25) is 0 Å². The Kier molecular flexibility index (Phi) is 7.19. The van der Waals surface area contributed by atoms with Crippen LogP contribution in [0.2, 0.25) is 12.6 Å². The van der Waals surface area contributed by atoms with E-state index < -0.39 is 8.56 Å². The first-order valence-electron chi connectivity index (χ1n) is 9.10. The van der Waals surface area contributed by atoms with Gasteiger partial charge in [0.05, 0.1) is 12.2 Å². The quantitative estimate of drug-likeness (QED) is 0.316. The summed E-state index contributed by atoms with van der Waals surface area (Å²) >= 11 is 0. The highest BCUT2D eigenvalue weighted by Crippen LogP contribution is 2.41. The van der Waals surface area contributed by atoms with Crippen molar-refractivity contribution in [3.63, 3.8) is 0 Å². The third-order valence-corrected chi connectivity index (χ3v) is 7.72. The first-order valence-corrected chi connectivity index (χ1v) is 11.6. The SMILES string of the molecule is CCCO[Si](C)(CCCCC1CCC2OC2C1)OCCC. The molecule has 3 nitrogen and oxygen atoms in total. The van der Waals surface area contributed by atoms with E-state index in [4.69, 9.17) is 13.6 Å². The Bertz CT molecular complexity index is 290. The molecule has 2 fully saturated rings. The molecule has 4 heteroatoms. The van der Waals surface area contributed by atoms with E-state index in [-0.39, 0.29) is 0 Å². The van der Waals surface area contributed by atoms with Crippen molar-refractivity contribution in [1.82, 2.24) is 0 Å². The van der Waals surface area contributed by atoms with Gasteiger partial charge in [-0.25, -0.2) is 0 Å². The number of rotatable bonds is 11. The summed E-state index contributed by atoms with van der Waals surface area (Å²) in [6.07, 6.45) is 11.4. The molecule has 0 N–H and O–H groups in total. The number of epoxide rings is 1. The lowest BCUT2D eigenvalue weighted by Gasteiger charge is -2.27. The summed E-state index contributed by atoms with van der Waals surface area (Å²) in [7, 11) is -1.91. The van der Waals surface area contributed by atoms with Crippen molar-refractivity contribution in [2.45, 2.75) is 90.0 Å². The molecular formula is C17H34O3Si. The maximum absolute atomic E-state index is 6.09. The summed E-state index contributed by atoms with van der Waals surface area (Å²) in [6.45, 7) is 8.31. The molecule has 0 spiro atoms. The first-order chi connectivity index (χ1) is 10.2. The van der Waals surface area contributed by atoms with Gasteiger partial charge < -0.3 is 13.6 Å².